The zero-order valence-electron chi connectivity index (χ0n) is 10.9. The molecule has 0 amide bonds. The van der Waals surface area contributed by atoms with E-state index in [1.807, 2.05) is 19.2 Å². The smallest absolute Gasteiger partial charge is 0.148 e. The molecule has 0 aromatic heterocycles. The van der Waals surface area contributed by atoms with Crippen LogP contribution < -0.4 is 10.1 Å². The van der Waals surface area contributed by atoms with Crippen molar-refractivity contribution in [1.82, 2.24) is 5.32 Å². The molecular weight excluding hydrogens is 300 g/mol. The van der Waals surface area contributed by atoms with Crippen LogP contribution in [-0.4, -0.2) is 7.05 Å². The fourth-order valence-corrected chi connectivity index (χ4v) is 2.24. The summed E-state index contributed by atoms with van der Waals surface area (Å²) in [5.74, 6) is 0.0583. The number of ether oxygens (including phenoxy) is 1. The highest BCUT2D eigenvalue weighted by Gasteiger charge is 2.08. The molecular formula is C15H14Cl2FNO. The molecule has 2 aromatic rings. The second kappa shape index (κ2) is 6.93. The fourth-order valence-electron chi connectivity index (χ4n) is 1.79. The van der Waals surface area contributed by atoms with Crippen LogP contribution in [0.4, 0.5) is 4.39 Å². The molecule has 2 rings (SSSR count). The van der Waals surface area contributed by atoms with Crippen molar-refractivity contribution >= 4 is 23.2 Å². The average Bonchev–Trinajstić information content (AvgIpc) is 2.42. The SMILES string of the molecule is CNCc1ccc(OCc2cccc(Cl)c2F)c(Cl)c1. The Morgan fingerprint density at radius 2 is 1.95 bits per heavy atom. The lowest BCUT2D eigenvalue weighted by molar-refractivity contribution is 0.300. The molecule has 0 aliphatic rings. The van der Waals surface area contributed by atoms with Crippen molar-refractivity contribution in [2.24, 2.45) is 0 Å². The first kappa shape index (κ1) is 15.1. The Labute approximate surface area is 127 Å². The number of nitrogens with one attached hydrogen (secondary N) is 1. The third-order valence-corrected chi connectivity index (χ3v) is 3.38. The minimum Gasteiger partial charge on any atom is -0.487 e. The van der Waals surface area contributed by atoms with Crippen LogP contribution in [0.1, 0.15) is 11.1 Å². The zero-order valence-corrected chi connectivity index (χ0v) is 12.4. The molecule has 2 aromatic carbocycles. The lowest BCUT2D eigenvalue weighted by Gasteiger charge is -2.10. The maximum atomic E-state index is 13.7. The van der Waals surface area contributed by atoms with E-state index in [-0.39, 0.29) is 11.6 Å². The van der Waals surface area contributed by atoms with Crippen LogP contribution in [0.25, 0.3) is 0 Å². The maximum absolute atomic E-state index is 13.7. The lowest BCUT2D eigenvalue weighted by atomic mass is 10.2. The van der Waals surface area contributed by atoms with E-state index in [9.17, 15) is 4.39 Å². The van der Waals surface area contributed by atoms with Crippen LogP contribution in [0.15, 0.2) is 36.4 Å². The van der Waals surface area contributed by atoms with E-state index >= 15 is 0 Å². The Kier molecular flexibility index (Phi) is 5.24. The van der Waals surface area contributed by atoms with Gasteiger partial charge in [-0.25, -0.2) is 4.39 Å². The molecule has 0 saturated carbocycles. The third-order valence-electron chi connectivity index (χ3n) is 2.79. The molecule has 0 aliphatic carbocycles. The average molecular weight is 314 g/mol. The molecule has 0 heterocycles. The van der Waals surface area contributed by atoms with Gasteiger partial charge in [-0.05, 0) is 30.8 Å². The van der Waals surface area contributed by atoms with Crippen LogP contribution in [0, 0.1) is 5.82 Å². The Balaban J connectivity index is 2.09. The molecule has 0 spiro atoms. The van der Waals surface area contributed by atoms with E-state index < -0.39 is 5.82 Å². The molecule has 0 atom stereocenters. The first-order valence-electron chi connectivity index (χ1n) is 6.10. The van der Waals surface area contributed by atoms with Gasteiger partial charge < -0.3 is 10.1 Å². The summed E-state index contributed by atoms with van der Waals surface area (Å²) in [6.45, 7) is 0.806. The van der Waals surface area contributed by atoms with E-state index in [1.165, 1.54) is 6.07 Å². The Morgan fingerprint density at radius 1 is 1.15 bits per heavy atom. The van der Waals surface area contributed by atoms with Crippen molar-refractivity contribution in [3.63, 3.8) is 0 Å². The molecule has 106 valence electrons. The molecule has 1 N–H and O–H groups in total. The largest absolute Gasteiger partial charge is 0.487 e. The van der Waals surface area contributed by atoms with E-state index in [2.05, 4.69) is 5.32 Å². The van der Waals surface area contributed by atoms with Gasteiger partial charge in [0.2, 0.25) is 0 Å². The van der Waals surface area contributed by atoms with E-state index in [0.29, 0.717) is 16.3 Å². The summed E-state index contributed by atoms with van der Waals surface area (Å²) in [5.41, 5.74) is 1.45. The van der Waals surface area contributed by atoms with E-state index in [4.69, 9.17) is 27.9 Å². The summed E-state index contributed by atoms with van der Waals surface area (Å²) in [7, 11) is 1.86. The van der Waals surface area contributed by atoms with Crippen LogP contribution >= 0.6 is 23.2 Å². The summed E-state index contributed by atoms with van der Waals surface area (Å²) in [5, 5.41) is 3.62. The number of rotatable bonds is 5. The van der Waals surface area contributed by atoms with Gasteiger partial charge in [-0.2, -0.15) is 0 Å². The van der Waals surface area contributed by atoms with Crippen molar-refractivity contribution in [2.75, 3.05) is 7.05 Å². The minimum absolute atomic E-state index is 0.0808. The number of benzene rings is 2. The number of hydrogen-bond acceptors (Lipinski definition) is 2. The number of hydrogen-bond donors (Lipinski definition) is 1. The fraction of sp³-hybridized carbons (Fsp3) is 0.200. The van der Waals surface area contributed by atoms with Crippen LogP contribution in [0.2, 0.25) is 10.0 Å². The number of halogens is 3. The summed E-state index contributed by atoms with van der Waals surface area (Å²) in [6.07, 6.45) is 0. The monoisotopic (exact) mass is 313 g/mol. The highest BCUT2D eigenvalue weighted by Crippen LogP contribution is 2.27. The summed E-state index contributed by atoms with van der Waals surface area (Å²) >= 11 is 11.8. The predicted octanol–water partition coefficient (Wildman–Crippen LogP) is 4.43. The topological polar surface area (TPSA) is 21.3 Å². The molecule has 0 fully saturated rings. The minimum atomic E-state index is -0.461. The predicted molar refractivity (Wildman–Crippen MR) is 80.0 cm³/mol. The molecule has 0 aliphatic heterocycles. The van der Waals surface area contributed by atoms with E-state index in [0.717, 1.165) is 12.1 Å². The van der Waals surface area contributed by atoms with Gasteiger partial charge in [0, 0.05) is 12.1 Å². The second-order valence-corrected chi connectivity index (χ2v) is 5.11. The van der Waals surface area contributed by atoms with Gasteiger partial charge in [0.05, 0.1) is 10.0 Å². The summed E-state index contributed by atoms with van der Waals surface area (Å²) in [4.78, 5) is 0. The van der Waals surface area contributed by atoms with Gasteiger partial charge in [0.25, 0.3) is 0 Å². The highest BCUT2D eigenvalue weighted by atomic mass is 35.5. The van der Waals surface area contributed by atoms with Crippen LogP contribution in [0.3, 0.4) is 0 Å². The molecule has 5 heteroatoms. The van der Waals surface area contributed by atoms with Crippen molar-refractivity contribution in [3.05, 3.63) is 63.4 Å². The van der Waals surface area contributed by atoms with Gasteiger partial charge in [-0.1, -0.05) is 41.4 Å². The Hall–Kier alpha value is -1.29. The molecule has 0 bridgehead atoms. The van der Waals surface area contributed by atoms with Gasteiger partial charge in [0.1, 0.15) is 18.2 Å². The highest BCUT2D eigenvalue weighted by molar-refractivity contribution is 6.32. The standard InChI is InChI=1S/C15H14Cl2FNO/c1-19-8-10-5-6-14(13(17)7-10)20-9-11-3-2-4-12(16)15(11)18/h2-7,19H,8-9H2,1H3. The molecule has 0 saturated heterocycles. The van der Waals surface area contributed by atoms with Gasteiger partial charge in [-0.3, -0.25) is 0 Å². The van der Waals surface area contributed by atoms with E-state index in [1.54, 1.807) is 18.2 Å². The molecule has 2 nitrogen and oxygen atoms in total. The molecule has 20 heavy (non-hydrogen) atoms. The molecule has 0 radical (unpaired) electrons. The lowest BCUT2D eigenvalue weighted by Crippen LogP contribution is -2.05. The zero-order chi connectivity index (χ0) is 14.5. The third kappa shape index (κ3) is 3.63. The first-order valence-corrected chi connectivity index (χ1v) is 6.86. The maximum Gasteiger partial charge on any atom is 0.148 e. The summed E-state index contributed by atoms with van der Waals surface area (Å²) < 4.78 is 19.3. The first-order chi connectivity index (χ1) is 9.61. The molecule has 0 unspecified atom stereocenters. The Morgan fingerprint density at radius 3 is 2.65 bits per heavy atom. The summed E-state index contributed by atoms with van der Waals surface area (Å²) in [6, 6.07) is 10.3. The Bertz CT molecular complexity index is 604. The van der Waals surface area contributed by atoms with Crippen LogP contribution in [-0.2, 0) is 13.2 Å². The van der Waals surface area contributed by atoms with Crippen molar-refractivity contribution in [2.45, 2.75) is 13.2 Å². The van der Waals surface area contributed by atoms with Gasteiger partial charge >= 0.3 is 0 Å². The van der Waals surface area contributed by atoms with Crippen molar-refractivity contribution < 1.29 is 9.13 Å². The van der Waals surface area contributed by atoms with Crippen molar-refractivity contribution in [1.29, 1.82) is 0 Å². The normalized spacial score (nSPS) is 10.6. The van der Waals surface area contributed by atoms with Gasteiger partial charge in [-0.15, -0.1) is 0 Å². The second-order valence-electron chi connectivity index (χ2n) is 4.30. The van der Waals surface area contributed by atoms with Gasteiger partial charge in [0.15, 0.2) is 0 Å². The quantitative estimate of drug-likeness (QED) is 0.881. The van der Waals surface area contributed by atoms with Crippen LogP contribution in [0.5, 0.6) is 5.75 Å². The van der Waals surface area contributed by atoms with Crippen molar-refractivity contribution in [3.8, 4) is 5.75 Å².